The van der Waals surface area contributed by atoms with E-state index in [4.69, 9.17) is 19.4 Å². The summed E-state index contributed by atoms with van der Waals surface area (Å²) in [5.41, 5.74) is 9.14. The number of nitrogens with zero attached hydrogens (tertiary/aromatic N) is 6. The van der Waals surface area contributed by atoms with Crippen molar-refractivity contribution < 1.29 is 23.9 Å². The van der Waals surface area contributed by atoms with Crippen LogP contribution in [0.3, 0.4) is 0 Å². The highest BCUT2D eigenvalue weighted by Gasteiger charge is 2.37. The van der Waals surface area contributed by atoms with E-state index in [2.05, 4.69) is 98.9 Å². The minimum atomic E-state index is -0.664. The number of hydrogen-bond donors (Lipinski definition) is 3. The fourth-order valence-electron chi connectivity index (χ4n) is 9.69. The normalized spacial score (nSPS) is 21.4. The third kappa shape index (κ3) is 9.58. The van der Waals surface area contributed by atoms with Crippen LogP contribution >= 0.6 is 0 Å². The molecule has 14 heteroatoms. The number of carbonyl (C=O) groups is 3. The Kier molecular flexibility index (Phi) is 13.0. The number of hydrogen-bond acceptors (Lipinski definition) is 9. The molecule has 3 N–H and O–H groups in total. The summed E-state index contributed by atoms with van der Waals surface area (Å²) in [6.45, 7) is 7.36. The number of ether oxygens (including phenoxy) is 2. The number of piperazine rings is 1. The molecule has 0 saturated carbocycles. The third-order valence-electron chi connectivity index (χ3n) is 13.3. The third-order valence-corrected chi connectivity index (χ3v) is 13.3. The standard InChI is InChI=1S/C49H59N9O5/c1-55-24-26-56(27-25-55)31-38-10-4-3-9-37(38)29-44(59)57-22-7-12-42(57)46-50-30-40(51-46)35-18-14-33(15-19-35)34-16-20-36(21-17-34)45-41-32-63-28-6-5-11-39(53-49(61)62-2)48(60)58-23-8-13-43(58)47(52-41)54-45/h3-4,9-10,14-21,30,39,42-43H,5-8,11-13,22-29,31-32H2,1-2H3,(H,50,51)(H,52,54)(H,53,61)/t39-,42-,43-/m0/s1. The lowest BCUT2D eigenvalue weighted by Crippen LogP contribution is -2.48. The number of benzene rings is 3. The van der Waals surface area contributed by atoms with E-state index in [0.29, 0.717) is 32.6 Å². The molecule has 0 aliphatic carbocycles. The molecule has 2 aromatic heterocycles. The van der Waals surface area contributed by atoms with E-state index in [1.54, 1.807) is 0 Å². The van der Waals surface area contributed by atoms with Crippen molar-refractivity contribution in [3.63, 3.8) is 0 Å². The number of likely N-dealkylation sites (tertiary alicyclic amines) is 1. The summed E-state index contributed by atoms with van der Waals surface area (Å²) < 4.78 is 10.9. The molecule has 4 aliphatic heterocycles. The number of nitrogens with one attached hydrogen (secondary N) is 3. The molecule has 3 amide bonds. The molecule has 0 unspecified atom stereocenters. The number of aromatic amines is 2. The number of likely N-dealkylation sites (N-methyl/N-ethyl adjacent to an activating group) is 1. The molecular formula is C49H59N9O5. The van der Waals surface area contributed by atoms with E-state index < -0.39 is 12.1 Å². The summed E-state index contributed by atoms with van der Waals surface area (Å²) in [7, 11) is 3.48. The SMILES string of the molecule is COC(=O)N[C@H]1CCCCOCc2[nH]c(nc2-c2ccc(-c3ccc(-c4cnc([C@@H]5CCCN5C(=O)Cc5ccccc5CN5CCN(C)CC5)[nH]4)cc3)cc2)[C@@H]2CCCN2C1=O. The fourth-order valence-corrected chi connectivity index (χ4v) is 9.69. The summed E-state index contributed by atoms with van der Waals surface area (Å²) in [5.74, 6) is 1.62. The lowest BCUT2D eigenvalue weighted by molar-refractivity contribution is -0.134. The lowest BCUT2D eigenvalue weighted by Gasteiger charge is -2.32. The minimum Gasteiger partial charge on any atom is -0.453 e. The van der Waals surface area contributed by atoms with Crippen molar-refractivity contribution >= 4 is 17.9 Å². The number of alkyl carbamates (subject to hydrolysis) is 1. The average molecular weight is 854 g/mol. The summed E-state index contributed by atoms with van der Waals surface area (Å²) in [4.78, 5) is 65.5. The number of imidazole rings is 2. The van der Waals surface area contributed by atoms with Gasteiger partial charge in [-0.1, -0.05) is 72.8 Å². The second kappa shape index (κ2) is 19.3. The van der Waals surface area contributed by atoms with Gasteiger partial charge in [0.05, 0.1) is 55.5 Å². The summed E-state index contributed by atoms with van der Waals surface area (Å²) >= 11 is 0. The van der Waals surface area contributed by atoms with Gasteiger partial charge in [-0.3, -0.25) is 14.5 Å². The van der Waals surface area contributed by atoms with Crippen LogP contribution in [-0.4, -0.2) is 124 Å². The van der Waals surface area contributed by atoms with E-state index in [0.717, 1.165) is 134 Å². The van der Waals surface area contributed by atoms with Crippen molar-refractivity contribution in [2.75, 3.05) is 60.0 Å². The van der Waals surface area contributed by atoms with Crippen molar-refractivity contribution in [3.05, 3.63) is 107 Å². The Hall–Kier alpha value is -5.83. The molecule has 0 radical (unpaired) electrons. The molecule has 63 heavy (non-hydrogen) atoms. The minimum absolute atomic E-state index is 0.0698. The maximum Gasteiger partial charge on any atom is 0.407 e. The maximum atomic E-state index is 13.9. The van der Waals surface area contributed by atoms with Gasteiger partial charge >= 0.3 is 6.09 Å². The highest BCUT2D eigenvalue weighted by Crippen LogP contribution is 2.36. The fraction of sp³-hybridized carbons (Fsp3) is 0.449. The van der Waals surface area contributed by atoms with Gasteiger partial charge in [0.15, 0.2) is 0 Å². The number of amides is 3. The van der Waals surface area contributed by atoms with Crippen molar-refractivity contribution in [1.29, 1.82) is 0 Å². The Labute approximate surface area is 369 Å². The van der Waals surface area contributed by atoms with E-state index in [9.17, 15) is 14.4 Å². The number of aromatic nitrogens is 4. The highest BCUT2D eigenvalue weighted by atomic mass is 16.5. The smallest absolute Gasteiger partial charge is 0.407 e. The number of carbonyl (C=O) groups excluding carboxylic acids is 3. The van der Waals surface area contributed by atoms with Gasteiger partial charge in [-0.25, -0.2) is 14.8 Å². The molecule has 0 spiro atoms. The number of H-pyrrole nitrogens is 2. The van der Waals surface area contributed by atoms with Crippen molar-refractivity contribution in [2.45, 2.75) is 82.6 Å². The molecule has 9 rings (SSSR count). The average Bonchev–Trinajstić information content (AvgIpc) is 4.15. The van der Waals surface area contributed by atoms with Gasteiger partial charge in [0.25, 0.3) is 0 Å². The zero-order valence-corrected chi connectivity index (χ0v) is 36.5. The predicted molar refractivity (Wildman–Crippen MR) is 240 cm³/mol. The van der Waals surface area contributed by atoms with Crippen LogP contribution in [0.25, 0.3) is 33.6 Å². The van der Waals surface area contributed by atoms with Crippen molar-refractivity contribution in [1.82, 2.24) is 44.9 Å². The van der Waals surface area contributed by atoms with Gasteiger partial charge < -0.3 is 39.5 Å². The molecular weight excluding hydrogens is 795 g/mol. The first-order valence-electron chi connectivity index (χ1n) is 22.7. The number of methoxy groups -OCH3 is 1. The van der Waals surface area contributed by atoms with Crippen LogP contribution in [0.4, 0.5) is 4.79 Å². The first kappa shape index (κ1) is 42.5. The zero-order chi connectivity index (χ0) is 43.3. The molecule has 4 aliphatic rings. The Morgan fingerprint density at radius 2 is 1.48 bits per heavy atom. The second-order valence-corrected chi connectivity index (χ2v) is 17.5. The lowest BCUT2D eigenvalue weighted by atomic mass is 10.0. The van der Waals surface area contributed by atoms with Crippen LogP contribution in [0.5, 0.6) is 0 Å². The Bertz CT molecular complexity index is 2370. The van der Waals surface area contributed by atoms with Gasteiger partial charge in [-0.15, -0.1) is 0 Å². The van der Waals surface area contributed by atoms with E-state index in [-0.39, 0.29) is 23.9 Å². The Morgan fingerprint density at radius 1 is 0.778 bits per heavy atom. The van der Waals surface area contributed by atoms with Gasteiger partial charge in [-0.05, 0) is 79.8 Å². The molecule has 3 fully saturated rings. The van der Waals surface area contributed by atoms with Crippen molar-refractivity contribution in [3.8, 4) is 33.6 Å². The molecule has 2 bridgehead atoms. The molecule has 3 aromatic carbocycles. The monoisotopic (exact) mass is 853 g/mol. The van der Waals surface area contributed by atoms with E-state index in [1.165, 1.54) is 12.7 Å². The van der Waals surface area contributed by atoms with Gasteiger partial charge in [-0.2, -0.15) is 0 Å². The van der Waals surface area contributed by atoms with Crippen LogP contribution in [-0.2, 0) is 38.6 Å². The first-order chi connectivity index (χ1) is 30.8. The second-order valence-electron chi connectivity index (χ2n) is 17.5. The summed E-state index contributed by atoms with van der Waals surface area (Å²) in [6.07, 6.45) is 7.17. The van der Waals surface area contributed by atoms with Gasteiger partial charge in [0.1, 0.15) is 17.7 Å². The predicted octanol–water partition coefficient (Wildman–Crippen LogP) is 6.88. The Balaban J connectivity index is 0.861. The van der Waals surface area contributed by atoms with Crippen LogP contribution in [0.1, 0.15) is 85.5 Å². The van der Waals surface area contributed by atoms with Crippen LogP contribution in [0.2, 0.25) is 0 Å². The largest absolute Gasteiger partial charge is 0.453 e. The molecule has 5 aromatic rings. The molecule has 6 heterocycles. The zero-order valence-electron chi connectivity index (χ0n) is 36.5. The summed E-state index contributed by atoms with van der Waals surface area (Å²) in [6, 6.07) is 24.3. The maximum absolute atomic E-state index is 13.9. The van der Waals surface area contributed by atoms with Crippen LogP contribution < -0.4 is 5.32 Å². The quantitative estimate of drug-likeness (QED) is 0.144. The van der Waals surface area contributed by atoms with Crippen LogP contribution in [0.15, 0.2) is 79.0 Å². The highest BCUT2D eigenvalue weighted by molar-refractivity contribution is 5.86. The van der Waals surface area contributed by atoms with E-state index >= 15 is 0 Å². The molecule has 14 nitrogen and oxygen atoms in total. The molecule has 3 atom stereocenters. The van der Waals surface area contributed by atoms with Gasteiger partial charge in [0.2, 0.25) is 11.8 Å². The number of rotatable bonds is 9. The molecule has 330 valence electrons. The van der Waals surface area contributed by atoms with Crippen LogP contribution in [0, 0.1) is 0 Å². The first-order valence-corrected chi connectivity index (χ1v) is 22.7. The van der Waals surface area contributed by atoms with Gasteiger partial charge in [0, 0.05) is 58.0 Å². The Morgan fingerprint density at radius 3 is 2.24 bits per heavy atom. The molecule has 3 saturated heterocycles. The van der Waals surface area contributed by atoms with E-state index in [1.807, 2.05) is 22.1 Å². The van der Waals surface area contributed by atoms with Crippen molar-refractivity contribution in [2.24, 2.45) is 0 Å². The topological polar surface area (TPSA) is 152 Å². The number of fused-ring (bicyclic) bond motifs is 4. The summed E-state index contributed by atoms with van der Waals surface area (Å²) in [5, 5.41) is 2.76.